The summed E-state index contributed by atoms with van der Waals surface area (Å²) >= 11 is 0. The van der Waals surface area contributed by atoms with Crippen LogP contribution in [0.25, 0.3) is 0 Å². The fourth-order valence-electron chi connectivity index (χ4n) is 3.60. The third-order valence-electron chi connectivity index (χ3n) is 5.85. The van der Waals surface area contributed by atoms with Crippen LogP contribution in [0.5, 0.6) is 5.75 Å². The number of phenols is 1. The smallest absolute Gasteiger partial charge is 0.326 e. The van der Waals surface area contributed by atoms with E-state index >= 15 is 0 Å². The highest BCUT2D eigenvalue weighted by atomic mass is 16.4. The number of rotatable bonds is 17. The Hall–Kier alpha value is -4.40. The van der Waals surface area contributed by atoms with E-state index in [-0.39, 0.29) is 50.4 Å². The predicted octanol–water partition coefficient (Wildman–Crippen LogP) is -2.22. The van der Waals surface area contributed by atoms with Crippen LogP contribution in [-0.2, 0) is 30.4 Å². The second-order valence-corrected chi connectivity index (χ2v) is 9.62. The van der Waals surface area contributed by atoms with Gasteiger partial charge in [0.05, 0.1) is 6.04 Å². The van der Waals surface area contributed by atoms with Crippen LogP contribution in [-0.4, -0.2) is 76.5 Å². The van der Waals surface area contributed by atoms with Gasteiger partial charge in [-0.15, -0.1) is 0 Å². The predicted molar refractivity (Wildman–Crippen MR) is 146 cm³/mol. The number of hydrogen-bond donors (Lipinski definition) is 9. The number of carbonyl (C=O) groups excluding carboxylic acids is 4. The van der Waals surface area contributed by atoms with E-state index in [9.17, 15) is 34.2 Å². The number of hydrogen-bond acceptors (Lipinski definition) is 8. The zero-order valence-electron chi connectivity index (χ0n) is 22.6. The molecule has 1 rings (SSSR count). The molecule has 0 heterocycles. The number of nitrogens with one attached hydrogen (secondary N) is 3. The third-order valence-corrected chi connectivity index (χ3v) is 5.85. The van der Waals surface area contributed by atoms with E-state index in [0.29, 0.717) is 5.56 Å². The summed E-state index contributed by atoms with van der Waals surface area (Å²) in [6.07, 6.45) is 0.111. The molecule has 0 aliphatic carbocycles. The minimum absolute atomic E-state index is 0.00392. The molecular weight excluding hydrogens is 524 g/mol. The minimum Gasteiger partial charge on any atom is -0.508 e. The lowest BCUT2D eigenvalue weighted by atomic mass is 10.00. The maximum absolute atomic E-state index is 13.2. The first kappa shape index (κ1) is 33.6. The van der Waals surface area contributed by atoms with Crippen LogP contribution in [0.2, 0.25) is 0 Å². The normalized spacial score (nSPS) is 13.8. The Morgan fingerprint density at radius 1 is 0.875 bits per heavy atom. The molecular formula is C25H40N8O7. The van der Waals surface area contributed by atoms with Gasteiger partial charge >= 0.3 is 5.97 Å². The van der Waals surface area contributed by atoms with Gasteiger partial charge < -0.3 is 49.1 Å². The van der Waals surface area contributed by atoms with E-state index in [4.69, 9.17) is 22.9 Å². The number of primary amides is 1. The molecule has 1 aromatic rings. The van der Waals surface area contributed by atoms with Crippen LogP contribution in [0, 0.1) is 5.92 Å². The number of amides is 4. The van der Waals surface area contributed by atoms with Crippen molar-refractivity contribution in [2.24, 2.45) is 33.8 Å². The first-order valence-electron chi connectivity index (χ1n) is 12.7. The monoisotopic (exact) mass is 564 g/mol. The Kier molecular flexibility index (Phi) is 13.9. The van der Waals surface area contributed by atoms with Crippen LogP contribution < -0.4 is 38.9 Å². The van der Waals surface area contributed by atoms with Gasteiger partial charge in [0.15, 0.2) is 5.96 Å². The van der Waals surface area contributed by atoms with Crippen LogP contribution in [0.4, 0.5) is 0 Å². The lowest BCUT2D eigenvalue weighted by molar-refractivity contribution is -0.142. The molecule has 0 bridgehead atoms. The van der Waals surface area contributed by atoms with Gasteiger partial charge in [-0.05, 0) is 42.9 Å². The molecule has 4 amide bonds. The Labute approximate surface area is 232 Å². The number of aliphatic imine (C=N–C) groups is 1. The zero-order chi connectivity index (χ0) is 30.4. The Balaban J connectivity index is 3.09. The lowest BCUT2D eigenvalue weighted by Crippen LogP contribution is -2.58. The molecule has 15 heteroatoms. The number of carboxylic acids is 1. The van der Waals surface area contributed by atoms with Crippen LogP contribution in [0.15, 0.2) is 29.3 Å². The molecule has 4 unspecified atom stereocenters. The molecule has 0 aliphatic heterocycles. The number of guanidine groups is 1. The van der Waals surface area contributed by atoms with Gasteiger partial charge in [0.1, 0.15) is 23.9 Å². The number of nitrogens with two attached hydrogens (primary N) is 4. The van der Waals surface area contributed by atoms with Crippen molar-refractivity contribution in [1.29, 1.82) is 0 Å². The van der Waals surface area contributed by atoms with Gasteiger partial charge in [0.25, 0.3) is 0 Å². The second-order valence-electron chi connectivity index (χ2n) is 9.62. The number of phenolic OH excluding ortho intramolecular Hbond substituents is 1. The molecule has 13 N–H and O–H groups in total. The number of aliphatic carboxylic acids is 1. The SMILES string of the molecule is CC(C)C(NC(=O)C(N)CCC(N)=O)C(=O)NC(Cc1ccc(O)cc1)C(=O)NC(CCCN=C(N)N)C(=O)O. The molecule has 40 heavy (non-hydrogen) atoms. The van der Waals surface area contributed by atoms with Crippen molar-refractivity contribution in [2.75, 3.05) is 6.54 Å². The average Bonchev–Trinajstić information content (AvgIpc) is 2.87. The summed E-state index contributed by atoms with van der Waals surface area (Å²) in [7, 11) is 0. The summed E-state index contributed by atoms with van der Waals surface area (Å²) in [4.78, 5) is 65.6. The van der Waals surface area contributed by atoms with Crippen molar-refractivity contribution in [3.8, 4) is 5.75 Å². The number of carboxylic acid groups (broad SMARTS) is 1. The molecule has 0 aromatic heterocycles. The number of carbonyl (C=O) groups is 5. The first-order chi connectivity index (χ1) is 18.7. The van der Waals surface area contributed by atoms with Gasteiger partial charge in [0.2, 0.25) is 23.6 Å². The highest BCUT2D eigenvalue weighted by Gasteiger charge is 2.32. The van der Waals surface area contributed by atoms with Gasteiger partial charge in [-0.1, -0.05) is 26.0 Å². The van der Waals surface area contributed by atoms with E-state index in [1.165, 1.54) is 12.1 Å². The summed E-state index contributed by atoms with van der Waals surface area (Å²) in [5.41, 5.74) is 22.0. The average molecular weight is 565 g/mol. The fourth-order valence-corrected chi connectivity index (χ4v) is 3.60. The molecule has 0 fully saturated rings. The van der Waals surface area contributed by atoms with Gasteiger partial charge in [-0.2, -0.15) is 0 Å². The summed E-state index contributed by atoms with van der Waals surface area (Å²) in [5.74, 6) is -4.64. The van der Waals surface area contributed by atoms with Crippen LogP contribution >= 0.6 is 0 Å². The van der Waals surface area contributed by atoms with Crippen LogP contribution in [0.3, 0.4) is 0 Å². The molecule has 4 atom stereocenters. The highest BCUT2D eigenvalue weighted by molar-refractivity contribution is 5.94. The Morgan fingerprint density at radius 2 is 1.48 bits per heavy atom. The van der Waals surface area contributed by atoms with Crippen LogP contribution in [0.1, 0.15) is 45.1 Å². The largest absolute Gasteiger partial charge is 0.508 e. The van der Waals surface area contributed by atoms with Crippen molar-refractivity contribution >= 4 is 35.6 Å². The molecule has 0 radical (unpaired) electrons. The fraction of sp³-hybridized carbons (Fsp3) is 0.520. The summed E-state index contributed by atoms with van der Waals surface area (Å²) in [6.45, 7) is 3.50. The van der Waals surface area contributed by atoms with Crippen molar-refractivity contribution in [1.82, 2.24) is 16.0 Å². The number of benzene rings is 1. The maximum Gasteiger partial charge on any atom is 0.326 e. The zero-order valence-corrected chi connectivity index (χ0v) is 22.6. The van der Waals surface area contributed by atoms with Crippen molar-refractivity contribution in [3.05, 3.63) is 29.8 Å². The van der Waals surface area contributed by atoms with E-state index in [0.717, 1.165) is 0 Å². The molecule has 15 nitrogen and oxygen atoms in total. The summed E-state index contributed by atoms with van der Waals surface area (Å²) < 4.78 is 0. The number of aromatic hydroxyl groups is 1. The van der Waals surface area contributed by atoms with E-state index in [2.05, 4.69) is 20.9 Å². The van der Waals surface area contributed by atoms with Gasteiger partial charge in [-0.25, -0.2) is 4.79 Å². The number of nitrogens with zero attached hydrogens (tertiary/aromatic N) is 1. The molecule has 0 saturated carbocycles. The molecule has 0 aliphatic rings. The van der Waals surface area contributed by atoms with Gasteiger partial charge in [0, 0.05) is 19.4 Å². The summed E-state index contributed by atoms with van der Waals surface area (Å²) in [5, 5.41) is 26.7. The Morgan fingerprint density at radius 3 is 2.00 bits per heavy atom. The topological polar surface area (TPSA) is 278 Å². The first-order valence-corrected chi connectivity index (χ1v) is 12.7. The second kappa shape index (κ2) is 16.5. The molecule has 1 aromatic carbocycles. The van der Waals surface area contributed by atoms with Crippen molar-refractivity contribution < 1.29 is 34.2 Å². The lowest BCUT2D eigenvalue weighted by Gasteiger charge is -2.27. The van der Waals surface area contributed by atoms with E-state index in [1.54, 1.807) is 26.0 Å². The third kappa shape index (κ3) is 12.4. The minimum atomic E-state index is -1.29. The van der Waals surface area contributed by atoms with Gasteiger partial charge in [-0.3, -0.25) is 24.2 Å². The van der Waals surface area contributed by atoms with Crippen molar-refractivity contribution in [3.63, 3.8) is 0 Å². The standard InChI is InChI=1S/C25H40N8O7/c1-13(2)20(33-21(36)16(26)9-10-19(27)35)23(38)32-18(12-14-5-7-15(34)8-6-14)22(37)31-17(24(39)40)4-3-11-30-25(28)29/h5-8,13,16-18,20,34H,3-4,9-12,26H2,1-2H3,(H2,27,35)(H,31,37)(H,32,38)(H,33,36)(H,39,40)(H4,28,29,30). The quantitative estimate of drug-likeness (QED) is 0.0558. The molecule has 222 valence electrons. The molecule has 0 saturated heterocycles. The molecule has 0 spiro atoms. The van der Waals surface area contributed by atoms with E-state index < -0.39 is 59.7 Å². The maximum atomic E-state index is 13.2. The van der Waals surface area contributed by atoms with Crippen molar-refractivity contribution in [2.45, 2.75) is 70.1 Å². The summed E-state index contributed by atoms with van der Waals surface area (Å²) in [6, 6.07) is 1.19. The highest BCUT2D eigenvalue weighted by Crippen LogP contribution is 2.13. The van der Waals surface area contributed by atoms with E-state index in [1.807, 2.05) is 0 Å². The Bertz CT molecular complexity index is 1060.